The van der Waals surface area contributed by atoms with E-state index < -0.39 is 0 Å². The van der Waals surface area contributed by atoms with Gasteiger partial charge in [0.05, 0.1) is 0 Å². The van der Waals surface area contributed by atoms with E-state index in [4.69, 9.17) is 11.5 Å². The van der Waals surface area contributed by atoms with Crippen molar-refractivity contribution in [1.29, 1.82) is 0 Å². The predicted octanol–water partition coefficient (Wildman–Crippen LogP) is 1.59. The highest BCUT2D eigenvalue weighted by molar-refractivity contribution is 4.87. The third kappa shape index (κ3) is 2.44. The summed E-state index contributed by atoms with van der Waals surface area (Å²) in [6.07, 6.45) is 2.47. The Morgan fingerprint density at radius 2 is 1.92 bits per heavy atom. The zero-order valence-corrected chi connectivity index (χ0v) is 9.16. The van der Waals surface area contributed by atoms with E-state index in [1.165, 1.54) is 12.8 Å². The van der Waals surface area contributed by atoms with Crippen LogP contribution in [0.2, 0.25) is 0 Å². The van der Waals surface area contributed by atoms with Crippen molar-refractivity contribution in [2.75, 3.05) is 6.54 Å². The smallest absolute Gasteiger partial charge is 0.00703 e. The van der Waals surface area contributed by atoms with Crippen LogP contribution in [0.15, 0.2) is 0 Å². The Labute approximate surface area is 82.1 Å². The van der Waals surface area contributed by atoms with Crippen LogP contribution in [0.5, 0.6) is 0 Å². The van der Waals surface area contributed by atoms with Crippen LogP contribution in [-0.4, -0.2) is 12.6 Å². The second-order valence-corrected chi connectivity index (χ2v) is 4.99. The van der Waals surface area contributed by atoms with Crippen molar-refractivity contribution in [2.45, 2.75) is 39.7 Å². The van der Waals surface area contributed by atoms with Crippen LogP contribution in [0, 0.1) is 23.7 Å². The van der Waals surface area contributed by atoms with Crippen LogP contribution in [0.4, 0.5) is 0 Å². The predicted molar refractivity (Wildman–Crippen MR) is 57.2 cm³/mol. The Bertz CT molecular complexity index is 156. The molecule has 1 rings (SSSR count). The molecule has 1 aliphatic carbocycles. The first-order valence-corrected chi connectivity index (χ1v) is 5.51. The highest BCUT2D eigenvalue weighted by Gasteiger charge is 2.33. The van der Waals surface area contributed by atoms with Crippen LogP contribution in [0.3, 0.4) is 0 Å². The van der Waals surface area contributed by atoms with Crippen molar-refractivity contribution in [1.82, 2.24) is 0 Å². The Morgan fingerprint density at radius 1 is 1.31 bits per heavy atom. The minimum absolute atomic E-state index is 0.370. The van der Waals surface area contributed by atoms with Crippen molar-refractivity contribution in [3.8, 4) is 0 Å². The molecule has 0 saturated heterocycles. The zero-order chi connectivity index (χ0) is 10.0. The van der Waals surface area contributed by atoms with E-state index in [9.17, 15) is 0 Å². The molecule has 0 amide bonds. The molecule has 0 spiro atoms. The van der Waals surface area contributed by atoms with Gasteiger partial charge < -0.3 is 11.5 Å². The molecule has 0 aromatic rings. The molecule has 78 valence electrons. The lowest BCUT2D eigenvalue weighted by Gasteiger charge is -2.39. The third-order valence-corrected chi connectivity index (χ3v) is 3.84. The Hall–Kier alpha value is -0.0800. The number of hydrogen-bond donors (Lipinski definition) is 2. The van der Waals surface area contributed by atoms with Crippen LogP contribution >= 0.6 is 0 Å². The average Bonchev–Trinajstić information content (AvgIpc) is 2.09. The summed E-state index contributed by atoms with van der Waals surface area (Å²) in [6.45, 7) is 7.64. The summed E-state index contributed by atoms with van der Waals surface area (Å²) in [7, 11) is 0. The summed E-state index contributed by atoms with van der Waals surface area (Å²) in [4.78, 5) is 0. The minimum Gasteiger partial charge on any atom is -0.330 e. The first kappa shape index (κ1) is 11.0. The fourth-order valence-electron chi connectivity index (χ4n) is 2.47. The molecule has 2 nitrogen and oxygen atoms in total. The number of rotatable bonds is 2. The van der Waals surface area contributed by atoms with Crippen LogP contribution in [0.25, 0.3) is 0 Å². The van der Waals surface area contributed by atoms with E-state index >= 15 is 0 Å². The summed E-state index contributed by atoms with van der Waals surface area (Å²) in [5, 5.41) is 0. The van der Waals surface area contributed by atoms with E-state index in [2.05, 4.69) is 20.8 Å². The molecule has 0 aromatic carbocycles. The fraction of sp³-hybridized carbons (Fsp3) is 1.00. The van der Waals surface area contributed by atoms with Crippen molar-refractivity contribution in [3.63, 3.8) is 0 Å². The van der Waals surface area contributed by atoms with Gasteiger partial charge in [-0.2, -0.15) is 0 Å². The molecule has 4 N–H and O–H groups in total. The summed E-state index contributed by atoms with van der Waals surface area (Å²) in [5.41, 5.74) is 11.9. The van der Waals surface area contributed by atoms with E-state index in [-0.39, 0.29) is 0 Å². The van der Waals surface area contributed by atoms with Crippen molar-refractivity contribution < 1.29 is 0 Å². The fourth-order valence-corrected chi connectivity index (χ4v) is 2.47. The van der Waals surface area contributed by atoms with Gasteiger partial charge in [0.1, 0.15) is 0 Å². The quantitative estimate of drug-likeness (QED) is 0.685. The van der Waals surface area contributed by atoms with Gasteiger partial charge in [-0.15, -0.1) is 0 Å². The van der Waals surface area contributed by atoms with Crippen molar-refractivity contribution in [2.24, 2.45) is 35.1 Å². The molecule has 4 unspecified atom stereocenters. The topological polar surface area (TPSA) is 52.0 Å². The van der Waals surface area contributed by atoms with Gasteiger partial charge in [-0.3, -0.25) is 0 Å². The van der Waals surface area contributed by atoms with Gasteiger partial charge in [-0.05, 0) is 43.1 Å². The zero-order valence-electron chi connectivity index (χ0n) is 9.16. The van der Waals surface area contributed by atoms with Crippen LogP contribution in [0.1, 0.15) is 33.6 Å². The molecule has 0 heterocycles. The lowest BCUT2D eigenvalue weighted by molar-refractivity contribution is 0.139. The maximum atomic E-state index is 6.12. The van der Waals surface area contributed by atoms with E-state index in [1.807, 2.05) is 0 Å². The third-order valence-electron chi connectivity index (χ3n) is 3.84. The Balaban J connectivity index is 2.58. The van der Waals surface area contributed by atoms with Crippen molar-refractivity contribution >= 4 is 0 Å². The molecular formula is C11H24N2. The van der Waals surface area contributed by atoms with Gasteiger partial charge in [0, 0.05) is 6.04 Å². The summed E-state index contributed by atoms with van der Waals surface area (Å²) >= 11 is 0. The minimum atomic E-state index is 0.370. The van der Waals surface area contributed by atoms with Gasteiger partial charge in [0.15, 0.2) is 0 Å². The molecule has 4 atom stereocenters. The Morgan fingerprint density at radius 3 is 2.38 bits per heavy atom. The van der Waals surface area contributed by atoms with E-state index in [1.54, 1.807) is 0 Å². The van der Waals surface area contributed by atoms with Crippen LogP contribution < -0.4 is 11.5 Å². The van der Waals surface area contributed by atoms with Gasteiger partial charge in [-0.1, -0.05) is 20.8 Å². The van der Waals surface area contributed by atoms with Crippen LogP contribution in [-0.2, 0) is 0 Å². The molecule has 13 heavy (non-hydrogen) atoms. The number of nitrogens with two attached hydrogens (primary N) is 2. The lowest BCUT2D eigenvalue weighted by Crippen LogP contribution is -2.44. The second-order valence-electron chi connectivity index (χ2n) is 4.99. The Kier molecular flexibility index (Phi) is 3.74. The largest absolute Gasteiger partial charge is 0.330 e. The van der Waals surface area contributed by atoms with Crippen molar-refractivity contribution in [3.05, 3.63) is 0 Å². The maximum absolute atomic E-state index is 6.12. The first-order chi connectivity index (χ1) is 6.06. The highest BCUT2D eigenvalue weighted by atomic mass is 14.7. The molecule has 0 radical (unpaired) electrons. The standard InChI is InChI=1S/C11H24N2/c1-7(2)9-4-10(6-12)8(3)11(13)5-9/h7-11H,4-6,12-13H2,1-3H3. The molecule has 1 aliphatic rings. The first-order valence-electron chi connectivity index (χ1n) is 5.51. The van der Waals surface area contributed by atoms with E-state index in [0.29, 0.717) is 17.9 Å². The molecule has 0 bridgehead atoms. The van der Waals surface area contributed by atoms with Gasteiger partial charge >= 0.3 is 0 Å². The highest BCUT2D eigenvalue weighted by Crippen LogP contribution is 2.36. The summed E-state index contributed by atoms with van der Waals surface area (Å²) < 4.78 is 0. The van der Waals surface area contributed by atoms with Gasteiger partial charge in [0.2, 0.25) is 0 Å². The molecule has 1 fully saturated rings. The second kappa shape index (κ2) is 4.43. The lowest BCUT2D eigenvalue weighted by atomic mass is 9.69. The molecule has 0 aromatic heterocycles. The maximum Gasteiger partial charge on any atom is 0.00703 e. The summed E-state index contributed by atoms with van der Waals surface area (Å²) in [6, 6.07) is 0.370. The van der Waals surface area contributed by atoms with Gasteiger partial charge in [0.25, 0.3) is 0 Å². The average molecular weight is 184 g/mol. The molecular weight excluding hydrogens is 160 g/mol. The normalized spacial score (nSPS) is 41.1. The molecule has 1 saturated carbocycles. The number of hydrogen-bond acceptors (Lipinski definition) is 2. The SMILES string of the molecule is CC(C)C1CC(N)C(C)C(CN)C1. The van der Waals surface area contributed by atoms with E-state index in [0.717, 1.165) is 18.4 Å². The summed E-state index contributed by atoms with van der Waals surface area (Å²) in [5.74, 6) is 2.81. The monoisotopic (exact) mass is 184 g/mol. The molecule has 2 heteroatoms. The molecule has 0 aliphatic heterocycles. The van der Waals surface area contributed by atoms with Gasteiger partial charge in [-0.25, -0.2) is 0 Å².